The molecule has 0 unspecified atom stereocenters. The van der Waals surface area contributed by atoms with Crippen molar-refractivity contribution in [1.29, 1.82) is 0 Å². The van der Waals surface area contributed by atoms with Gasteiger partial charge in [-0.25, -0.2) is 4.79 Å². The molecular weight excluding hydrogens is 272 g/mol. The predicted octanol–water partition coefficient (Wildman–Crippen LogP) is 0.706. The molecule has 0 saturated heterocycles. The minimum Gasteiger partial charge on any atom is -0.481 e. The Hall–Kier alpha value is -1.80. The van der Waals surface area contributed by atoms with Gasteiger partial charge in [-0.3, -0.25) is 9.59 Å². The number of nitrogens with one attached hydrogen (secondary N) is 1. The van der Waals surface area contributed by atoms with E-state index in [1.54, 1.807) is 0 Å². The number of amides is 1. The molecule has 2 atom stereocenters. The summed E-state index contributed by atoms with van der Waals surface area (Å²) in [5.41, 5.74) is 0. The first kappa shape index (κ1) is 17.2. The molecule has 0 aliphatic rings. The van der Waals surface area contributed by atoms with E-state index < -0.39 is 42.1 Å². The van der Waals surface area contributed by atoms with Crippen molar-refractivity contribution in [2.75, 3.05) is 0 Å². The standard InChI is InChI=1S/C10H14F3NO5/c1-4(2)19-8(17)6(5(3)7(15)16)14-9(18)10(11,12)13/h4-6H,1-3H3,(H,14,18)(H,15,16)/t5-,6-/m0/s1/i3+1. The van der Waals surface area contributed by atoms with Crippen LogP contribution in [0.5, 0.6) is 0 Å². The summed E-state index contributed by atoms with van der Waals surface area (Å²) in [6.45, 7) is 3.86. The molecule has 0 aromatic rings. The van der Waals surface area contributed by atoms with Crippen molar-refractivity contribution < 1.29 is 37.4 Å². The predicted molar refractivity (Wildman–Crippen MR) is 56.0 cm³/mol. The highest BCUT2D eigenvalue weighted by molar-refractivity contribution is 5.90. The molecule has 1 amide bonds. The molecule has 19 heavy (non-hydrogen) atoms. The van der Waals surface area contributed by atoms with Crippen LogP contribution in [-0.2, 0) is 19.1 Å². The van der Waals surface area contributed by atoms with Crippen LogP contribution in [0.15, 0.2) is 0 Å². The van der Waals surface area contributed by atoms with E-state index in [2.05, 4.69) is 4.74 Å². The first-order valence-corrected chi connectivity index (χ1v) is 5.27. The Labute approximate surface area is 106 Å². The largest absolute Gasteiger partial charge is 0.481 e. The molecule has 0 bridgehead atoms. The summed E-state index contributed by atoms with van der Waals surface area (Å²) < 4.78 is 40.9. The molecule has 0 saturated carbocycles. The normalized spacial score (nSPS) is 14.7. The second-order valence-corrected chi connectivity index (χ2v) is 4.06. The van der Waals surface area contributed by atoms with Crippen molar-refractivity contribution in [1.82, 2.24) is 5.32 Å². The number of carbonyl (C=O) groups excluding carboxylic acids is 2. The van der Waals surface area contributed by atoms with Gasteiger partial charge in [0.2, 0.25) is 0 Å². The number of carbonyl (C=O) groups is 3. The number of esters is 1. The third-order valence-corrected chi connectivity index (χ3v) is 2.04. The zero-order valence-electron chi connectivity index (χ0n) is 10.4. The smallest absolute Gasteiger partial charge is 0.471 e. The van der Waals surface area contributed by atoms with Crippen molar-refractivity contribution in [3.05, 3.63) is 0 Å². The van der Waals surface area contributed by atoms with Crippen LogP contribution in [0.2, 0.25) is 0 Å². The zero-order chi connectivity index (χ0) is 15.4. The van der Waals surface area contributed by atoms with E-state index >= 15 is 0 Å². The number of carboxylic acids is 1. The Bertz CT molecular complexity index is 367. The molecule has 0 aliphatic heterocycles. The molecule has 0 radical (unpaired) electrons. The molecule has 0 fully saturated rings. The van der Waals surface area contributed by atoms with Crippen LogP contribution in [-0.4, -0.2) is 41.3 Å². The molecule has 6 nitrogen and oxygen atoms in total. The maximum atomic E-state index is 12.1. The highest BCUT2D eigenvalue weighted by Gasteiger charge is 2.43. The lowest BCUT2D eigenvalue weighted by Crippen LogP contribution is -2.52. The van der Waals surface area contributed by atoms with Gasteiger partial charge in [-0.05, 0) is 20.8 Å². The minimum absolute atomic E-state index is 0.654. The third-order valence-electron chi connectivity index (χ3n) is 2.04. The summed E-state index contributed by atoms with van der Waals surface area (Å²) in [7, 11) is 0. The van der Waals surface area contributed by atoms with E-state index in [9.17, 15) is 27.6 Å². The maximum absolute atomic E-state index is 12.1. The summed E-state index contributed by atoms with van der Waals surface area (Å²) in [5, 5.41) is 10.0. The van der Waals surface area contributed by atoms with Gasteiger partial charge in [-0.1, -0.05) is 0 Å². The van der Waals surface area contributed by atoms with Crippen LogP contribution in [0.25, 0.3) is 0 Å². The van der Waals surface area contributed by atoms with Crippen LogP contribution >= 0.6 is 0 Å². The fourth-order valence-electron chi connectivity index (χ4n) is 1.06. The summed E-state index contributed by atoms with van der Waals surface area (Å²) >= 11 is 0. The monoisotopic (exact) mass is 286 g/mol. The summed E-state index contributed by atoms with van der Waals surface area (Å²) in [5.74, 6) is -6.72. The topological polar surface area (TPSA) is 92.7 Å². The number of hydrogen-bond acceptors (Lipinski definition) is 4. The molecule has 2 N–H and O–H groups in total. The zero-order valence-corrected chi connectivity index (χ0v) is 10.4. The highest BCUT2D eigenvalue weighted by Crippen LogP contribution is 2.16. The van der Waals surface area contributed by atoms with E-state index in [1.807, 2.05) is 0 Å². The molecule has 0 spiro atoms. The summed E-state index contributed by atoms with van der Waals surface area (Å²) in [4.78, 5) is 33.0. The fraction of sp³-hybridized carbons (Fsp3) is 0.700. The average molecular weight is 286 g/mol. The maximum Gasteiger partial charge on any atom is 0.471 e. The summed E-state index contributed by atoms with van der Waals surface area (Å²) in [6.07, 6.45) is -5.87. The Kier molecular flexibility index (Phi) is 5.79. The van der Waals surface area contributed by atoms with Crippen molar-refractivity contribution in [2.45, 2.75) is 39.1 Å². The average Bonchev–Trinajstić information content (AvgIpc) is 2.21. The second-order valence-electron chi connectivity index (χ2n) is 4.06. The second kappa shape index (κ2) is 6.39. The molecule has 0 aliphatic carbocycles. The number of rotatable bonds is 5. The van der Waals surface area contributed by atoms with Crippen LogP contribution in [0.1, 0.15) is 20.8 Å². The lowest BCUT2D eigenvalue weighted by atomic mass is 10.1. The van der Waals surface area contributed by atoms with Crippen molar-refractivity contribution >= 4 is 17.8 Å². The van der Waals surface area contributed by atoms with Crippen molar-refractivity contribution in [2.24, 2.45) is 5.92 Å². The van der Waals surface area contributed by atoms with Crippen LogP contribution < -0.4 is 5.32 Å². The van der Waals surface area contributed by atoms with Crippen LogP contribution in [0, 0.1) is 5.92 Å². The van der Waals surface area contributed by atoms with Gasteiger partial charge in [0.25, 0.3) is 0 Å². The molecule has 110 valence electrons. The number of alkyl halides is 3. The van der Waals surface area contributed by atoms with Gasteiger partial charge in [-0.2, -0.15) is 13.2 Å². The van der Waals surface area contributed by atoms with E-state index in [-0.39, 0.29) is 0 Å². The first-order chi connectivity index (χ1) is 8.46. The lowest BCUT2D eigenvalue weighted by molar-refractivity contribution is -0.177. The molecule has 0 heterocycles. The minimum atomic E-state index is -5.21. The van der Waals surface area contributed by atoms with E-state index in [4.69, 9.17) is 5.11 Å². The van der Waals surface area contributed by atoms with Gasteiger partial charge in [0, 0.05) is 0 Å². The van der Waals surface area contributed by atoms with E-state index in [0.29, 0.717) is 0 Å². The van der Waals surface area contributed by atoms with Crippen LogP contribution in [0.3, 0.4) is 0 Å². The highest BCUT2D eigenvalue weighted by atomic mass is 19.4. The SMILES string of the molecule is CC(C)OC(=O)[C@@H](NC(=O)C(F)(F)F)[C@H]([13CH3])C(=O)O. The molecule has 0 aromatic carbocycles. The molecule has 0 rings (SSSR count). The number of halogens is 3. The van der Waals surface area contributed by atoms with Gasteiger partial charge in [0.15, 0.2) is 0 Å². The van der Waals surface area contributed by atoms with Gasteiger partial charge in [-0.15, -0.1) is 0 Å². The Morgan fingerprint density at radius 2 is 1.63 bits per heavy atom. The number of aliphatic carboxylic acids is 1. The van der Waals surface area contributed by atoms with Gasteiger partial charge in [0.05, 0.1) is 12.0 Å². The van der Waals surface area contributed by atoms with E-state index in [1.165, 1.54) is 19.2 Å². The fourth-order valence-corrected chi connectivity index (χ4v) is 1.06. The van der Waals surface area contributed by atoms with Gasteiger partial charge < -0.3 is 15.2 Å². The Morgan fingerprint density at radius 3 is 1.95 bits per heavy atom. The Balaban J connectivity index is 5.03. The van der Waals surface area contributed by atoms with Gasteiger partial charge in [0.1, 0.15) is 6.04 Å². The van der Waals surface area contributed by atoms with Crippen LogP contribution in [0.4, 0.5) is 13.2 Å². The first-order valence-electron chi connectivity index (χ1n) is 5.27. The number of carboxylic acid groups (broad SMARTS) is 1. The van der Waals surface area contributed by atoms with E-state index in [0.717, 1.165) is 6.92 Å². The third kappa shape index (κ3) is 5.58. The number of hydrogen-bond donors (Lipinski definition) is 2. The molecule has 0 aromatic heterocycles. The number of ether oxygens (including phenoxy) is 1. The molecule has 9 heteroatoms. The quantitative estimate of drug-likeness (QED) is 0.573. The summed E-state index contributed by atoms with van der Waals surface area (Å²) in [6, 6.07) is -1.91. The van der Waals surface area contributed by atoms with Crippen molar-refractivity contribution in [3.63, 3.8) is 0 Å². The van der Waals surface area contributed by atoms with Gasteiger partial charge >= 0.3 is 24.0 Å². The molecular formula is C10H14F3NO5. The van der Waals surface area contributed by atoms with Crippen molar-refractivity contribution in [3.8, 4) is 0 Å². The Morgan fingerprint density at radius 1 is 1.16 bits per heavy atom. The lowest BCUT2D eigenvalue weighted by Gasteiger charge is -2.22.